The summed E-state index contributed by atoms with van der Waals surface area (Å²) in [5, 5.41) is 3.66. The number of thiocarbonyl (C=S) groups is 1. The van der Waals surface area contributed by atoms with Crippen LogP contribution in [-0.2, 0) is 10.0 Å². The maximum absolute atomic E-state index is 13.0. The van der Waals surface area contributed by atoms with Gasteiger partial charge < -0.3 is 15.0 Å². The summed E-state index contributed by atoms with van der Waals surface area (Å²) >= 11 is 5.45. The average molecular weight is 410 g/mol. The van der Waals surface area contributed by atoms with Crippen molar-refractivity contribution in [2.24, 2.45) is 0 Å². The number of anilines is 1. The van der Waals surface area contributed by atoms with Gasteiger partial charge in [-0.2, -0.15) is 4.31 Å². The molecular formula is C18H20FN3O3S2. The second-order valence-corrected chi connectivity index (χ2v) is 8.30. The largest absolute Gasteiger partial charge is 0.495 e. The molecule has 3 rings (SSSR count). The van der Waals surface area contributed by atoms with Crippen LogP contribution in [0.2, 0.25) is 0 Å². The van der Waals surface area contributed by atoms with Crippen LogP contribution in [0.5, 0.6) is 5.75 Å². The Morgan fingerprint density at radius 1 is 1.07 bits per heavy atom. The monoisotopic (exact) mass is 409 g/mol. The minimum Gasteiger partial charge on any atom is -0.495 e. The SMILES string of the molecule is COc1ccccc1NC(=S)N1CCN(S(=O)(=O)c2ccc(F)cc2)CC1. The van der Waals surface area contributed by atoms with Gasteiger partial charge in [0.15, 0.2) is 5.11 Å². The number of nitrogens with one attached hydrogen (secondary N) is 1. The second-order valence-electron chi connectivity index (χ2n) is 5.98. The van der Waals surface area contributed by atoms with Crippen LogP contribution in [0.25, 0.3) is 0 Å². The van der Waals surface area contributed by atoms with Crippen LogP contribution in [0.3, 0.4) is 0 Å². The molecule has 9 heteroatoms. The van der Waals surface area contributed by atoms with Gasteiger partial charge in [0, 0.05) is 26.2 Å². The van der Waals surface area contributed by atoms with E-state index in [1.165, 1.54) is 16.4 Å². The Morgan fingerprint density at radius 2 is 1.70 bits per heavy atom. The Bertz CT molecular complexity index is 912. The number of hydrogen-bond donors (Lipinski definition) is 1. The molecule has 0 atom stereocenters. The fourth-order valence-electron chi connectivity index (χ4n) is 2.83. The van der Waals surface area contributed by atoms with Gasteiger partial charge in [0.2, 0.25) is 10.0 Å². The first-order chi connectivity index (χ1) is 12.9. The summed E-state index contributed by atoms with van der Waals surface area (Å²) in [4.78, 5) is 2.01. The molecule has 1 saturated heterocycles. The van der Waals surface area contributed by atoms with E-state index >= 15 is 0 Å². The lowest BCUT2D eigenvalue weighted by Crippen LogP contribution is -2.51. The summed E-state index contributed by atoms with van der Waals surface area (Å²) in [6, 6.07) is 12.3. The van der Waals surface area contributed by atoms with Crippen molar-refractivity contribution in [1.82, 2.24) is 9.21 Å². The number of methoxy groups -OCH3 is 1. The summed E-state index contributed by atoms with van der Waals surface area (Å²) < 4.78 is 45.1. The lowest BCUT2D eigenvalue weighted by atomic mass is 10.3. The van der Waals surface area contributed by atoms with E-state index in [1.807, 2.05) is 29.2 Å². The highest BCUT2D eigenvalue weighted by Gasteiger charge is 2.29. The summed E-state index contributed by atoms with van der Waals surface area (Å²) in [6.45, 7) is 1.52. The van der Waals surface area contributed by atoms with Crippen LogP contribution < -0.4 is 10.1 Å². The molecule has 0 bridgehead atoms. The van der Waals surface area contributed by atoms with E-state index in [1.54, 1.807) is 7.11 Å². The molecule has 6 nitrogen and oxygen atoms in total. The smallest absolute Gasteiger partial charge is 0.243 e. The van der Waals surface area contributed by atoms with Gasteiger partial charge in [-0.3, -0.25) is 0 Å². The van der Waals surface area contributed by atoms with Crippen LogP contribution in [0.15, 0.2) is 53.4 Å². The van der Waals surface area contributed by atoms with Gasteiger partial charge in [0.05, 0.1) is 17.7 Å². The molecule has 144 valence electrons. The molecule has 1 N–H and O–H groups in total. The van der Waals surface area contributed by atoms with Crippen molar-refractivity contribution in [2.45, 2.75) is 4.90 Å². The highest BCUT2D eigenvalue weighted by Crippen LogP contribution is 2.24. The minimum atomic E-state index is -3.64. The summed E-state index contributed by atoms with van der Waals surface area (Å²) in [7, 11) is -2.06. The molecule has 27 heavy (non-hydrogen) atoms. The zero-order valence-corrected chi connectivity index (χ0v) is 16.4. The van der Waals surface area contributed by atoms with Crippen molar-refractivity contribution in [3.8, 4) is 5.75 Å². The number of para-hydroxylation sites is 2. The van der Waals surface area contributed by atoms with Crippen molar-refractivity contribution in [3.05, 3.63) is 54.3 Å². The van der Waals surface area contributed by atoms with E-state index in [2.05, 4.69) is 5.32 Å². The van der Waals surface area contributed by atoms with Gasteiger partial charge in [0.1, 0.15) is 11.6 Å². The highest BCUT2D eigenvalue weighted by atomic mass is 32.2. The number of piperazine rings is 1. The van der Waals surface area contributed by atoms with Crippen LogP contribution in [0.1, 0.15) is 0 Å². The molecule has 0 radical (unpaired) electrons. The number of rotatable bonds is 4. The first kappa shape index (κ1) is 19.5. The number of nitrogens with zero attached hydrogens (tertiary/aromatic N) is 2. The minimum absolute atomic E-state index is 0.0899. The third-order valence-corrected chi connectivity index (χ3v) is 6.60. The molecular weight excluding hydrogens is 389 g/mol. The molecule has 1 aliphatic heterocycles. The maximum Gasteiger partial charge on any atom is 0.243 e. The number of benzene rings is 2. The molecule has 0 saturated carbocycles. The quantitative estimate of drug-likeness (QED) is 0.783. The van der Waals surface area contributed by atoms with Crippen LogP contribution in [-0.4, -0.2) is 56.0 Å². The van der Waals surface area contributed by atoms with Gasteiger partial charge in [-0.05, 0) is 48.6 Å². The Balaban J connectivity index is 1.63. The van der Waals surface area contributed by atoms with E-state index in [-0.39, 0.29) is 4.90 Å². The van der Waals surface area contributed by atoms with Crippen LogP contribution >= 0.6 is 12.2 Å². The average Bonchev–Trinajstić information content (AvgIpc) is 2.69. The lowest BCUT2D eigenvalue weighted by molar-refractivity contribution is 0.268. The molecule has 0 spiro atoms. The van der Waals surface area contributed by atoms with Crippen molar-refractivity contribution in [1.29, 1.82) is 0 Å². The highest BCUT2D eigenvalue weighted by molar-refractivity contribution is 7.89. The van der Waals surface area contributed by atoms with E-state index in [4.69, 9.17) is 17.0 Å². The van der Waals surface area contributed by atoms with Gasteiger partial charge in [-0.25, -0.2) is 12.8 Å². The van der Waals surface area contributed by atoms with E-state index in [0.717, 1.165) is 17.8 Å². The Kier molecular flexibility index (Phi) is 5.93. The summed E-state index contributed by atoms with van der Waals surface area (Å²) in [5.74, 6) is 0.212. The number of halogens is 1. The summed E-state index contributed by atoms with van der Waals surface area (Å²) in [6.07, 6.45) is 0. The van der Waals surface area contributed by atoms with Crippen molar-refractivity contribution < 1.29 is 17.5 Å². The Labute approximate surface area is 163 Å². The van der Waals surface area contributed by atoms with Crippen LogP contribution in [0.4, 0.5) is 10.1 Å². The Hall–Kier alpha value is -2.23. The molecule has 2 aromatic carbocycles. The molecule has 0 aromatic heterocycles. The van der Waals surface area contributed by atoms with Crippen molar-refractivity contribution in [2.75, 3.05) is 38.6 Å². The molecule has 0 aliphatic carbocycles. The first-order valence-corrected chi connectivity index (χ1v) is 10.2. The number of sulfonamides is 1. The van der Waals surface area contributed by atoms with Gasteiger partial charge in [0.25, 0.3) is 0 Å². The Morgan fingerprint density at radius 3 is 2.33 bits per heavy atom. The van der Waals surface area contributed by atoms with E-state index in [9.17, 15) is 12.8 Å². The fourth-order valence-corrected chi connectivity index (χ4v) is 4.54. The van der Waals surface area contributed by atoms with E-state index in [0.29, 0.717) is 37.0 Å². The standard InChI is InChI=1S/C18H20FN3O3S2/c1-25-17-5-3-2-4-16(17)20-18(26)21-10-12-22(13-11-21)27(23,24)15-8-6-14(19)7-9-15/h2-9H,10-13H2,1H3,(H,20,26). The third-order valence-electron chi connectivity index (χ3n) is 4.33. The normalized spacial score (nSPS) is 15.4. The molecule has 0 amide bonds. The van der Waals surface area contributed by atoms with Crippen molar-refractivity contribution in [3.63, 3.8) is 0 Å². The maximum atomic E-state index is 13.0. The molecule has 1 heterocycles. The number of ether oxygens (including phenoxy) is 1. The first-order valence-electron chi connectivity index (χ1n) is 8.36. The van der Waals surface area contributed by atoms with Gasteiger partial charge in [-0.1, -0.05) is 12.1 Å². The second kappa shape index (κ2) is 8.20. The van der Waals surface area contributed by atoms with Crippen LogP contribution in [0, 0.1) is 5.82 Å². The zero-order chi connectivity index (χ0) is 19.4. The molecule has 1 aliphatic rings. The molecule has 0 unspecified atom stereocenters. The molecule has 1 fully saturated rings. The predicted molar refractivity (Wildman–Crippen MR) is 106 cm³/mol. The predicted octanol–water partition coefficient (Wildman–Crippen LogP) is 2.54. The van der Waals surface area contributed by atoms with E-state index < -0.39 is 15.8 Å². The van der Waals surface area contributed by atoms with Crippen molar-refractivity contribution >= 4 is 33.0 Å². The topological polar surface area (TPSA) is 61.9 Å². The van der Waals surface area contributed by atoms with Gasteiger partial charge >= 0.3 is 0 Å². The number of hydrogen-bond acceptors (Lipinski definition) is 4. The zero-order valence-electron chi connectivity index (χ0n) is 14.8. The third kappa shape index (κ3) is 4.37. The summed E-state index contributed by atoms with van der Waals surface area (Å²) in [5.41, 5.74) is 0.756. The fraction of sp³-hybridized carbons (Fsp3) is 0.278. The van der Waals surface area contributed by atoms with Gasteiger partial charge in [-0.15, -0.1) is 0 Å². The molecule has 2 aromatic rings. The lowest BCUT2D eigenvalue weighted by Gasteiger charge is -2.35.